The number of hydrogen-bond donors (Lipinski definition) is 1. The maximum Gasteiger partial charge on any atom is 0.185 e. The van der Waals surface area contributed by atoms with Gasteiger partial charge >= 0.3 is 0 Å². The number of aromatic nitrogens is 1. The molecule has 0 aliphatic heterocycles. The molecule has 0 amide bonds. The van der Waals surface area contributed by atoms with Crippen molar-refractivity contribution in [2.75, 3.05) is 30.5 Å². The van der Waals surface area contributed by atoms with E-state index in [-0.39, 0.29) is 11.8 Å². The van der Waals surface area contributed by atoms with E-state index in [1.54, 1.807) is 11.3 Å². The molecular weight excluding hydrogens is 270 g/mol. The quantitative estimate of drug-likeness (QED) is 0.893. The molecule has 1 aliphatic rings. The van der Waals surface area contributed by atoms with Crippen molar-refractivity contribution in [2.45, 2.75) is 25.3 Å². The summed E-state index contributed by atoms with van der Waals surface area (Å²) in [5.41, 5.74) is 7.16. The summed E-state index contributed by atoms with van der Waals surface area (Å²) >= 11 is 1.60. The first-order valence-electron chi connectivity index (χ1n) is 6.01. The highest BCUT2D eigenvalue weighted by Gasteiger charge is 2.23. The monoisotopic (exact) mass is 289 g/mol. The Morgan fingerprint density at radius 1 is 1.56 bits per heavy atom. The van der Waals surface area contributed by atoms with Crippen molar-refractivity contribution in [2.24, 2.45) is 5.73 Å². The van der Waals surface area contributed by atoms with Crippen LogP contribution in [0.4, 0.5) is 5.13 Å². The van der Waals surface area contributed by atoms with Crippen LogP contribution in [0.15, 0.2) is 0 Å². The molecule has 1 aromatic rings. The summed E-state index contributed by atoms with van der Waals surface area (Å²) in [6.45, 7) is 0.473. The SMILES string of the molecule is CN(CCS(C)(=O)=O)c1nc2c(s1)C(N)CCC2. The van der Waals surface area contributed by atoms with E-state index >= 15 is 0 Å². The van der Waals surface area contributed by atoms with Crippen LogP contribution in [0.1, 0.15) is 29.5 Å². The standard InChI is InChI=1S/C11H19N3O2S2/c1-14(6-7-18(2,15)16)11-13-9-5-3-4-8(12)10(9)17-11/h8H,3-7,12H2,1-2H3. The first-order valence-corrected chi connectivity index (χ1v) is 8.88. The summed E-state index contributed by atoms with van der Waals surface area (Å²) in [4.78, 5) is 7.64. The predicted octanol–water partition coefficient (Wildman–Crippen LogP) is 0.960. The number of nitrogens with two attached hydrogens (primary N) is 1. The van der Waals surface area contributed by atoms with Crippen LogP contribution < -0.4 is 10.6 Å². The van der Waals surface area contributed by atoms with Crippen LogP contribution in [-0.4, -0.2) is 39.0 Å². The molecule has 0 saturated carbocycles. The van der Waals surface area contributed by atoms with Crippen molar-refractivity contribution in [1.29, 1.82) is 0 Å². The molecule has 2 N–H and O–H groups in total. The molecule has 0 bridgehead atoms. The minimum Gasteiger partial charge on any atom is -0.350 e. The average Bonchev–Trinajstić information content (AvgIpc) is 2.70. The highest BCUT2D eigenvalue weighted by atomic mass is 32.2. The fourth-order valence-electron chi connectivity index (χ4n) is 2.00. The Balaban J connectivity index is 2.09. The molecule has 0 aromatic carbocycles. The molecular formula is C11H19N3O2S2. The van der Waals surface area contributed by atoms with E-state index in [1.807, 2.05) is 11.9 Å². The minimum atomic E-state index is -2.93. The van der Waals surface area contributed by atoms with Crippen LogP contribution in [0, 0.1) is 0 Å². The van der Waals surface area contributed by atoms with E-state index in [0.717, 1.165) is 30.1 Å². The maximum atomic E-state index is 11.1. The average molecular weight is 289 g/mol. The minimum absolute atomic E-state index is 0.100. The fourth-order valence-corrected chi connectivity index (χ4v) is 3.74. The molecule has 1 unspecified atom stereocenters. The van der Waals surface area contributed by atoms with Gasteiger partial charge in [-0.3, -0.25) is 0 Å². The predicted molar refractivity (Wildman–Crippen MR) is 75.0 cm³/mol. The number of aryl methyl sites for hydroxylation is 1. The zero-order valence-corrected chi connectivity index (χ0v) is 12.4. The number of fused-ring (bicyclic) bond motifs is 1. The van der Waals surface area contributed by atoms with Gasteiger partial charge in [0, 0.05) is 30.8 Å². The Morgan fingerprint density at radius 2 is 2.28 bits per heavy atom. The van der Waals surface area contributed by atoms with Gasteiger partial charge in [0.2, 0.25) is 0 Å². The van der Waals surface area contributed by atoms with Crippen LogP contribution >= 0.6 is 11.3 Å². The molecule has 18 heavy (non-hydrogen) atoms. The zero-order valence-electron chi connectivity index (χ0n) is 10.7. The van der Waals surface area contributed by atoms with E-state index in [4.69, 9.17) is 5.73 Å². The molecule has 1 heterocycles. The molecule has 0 saturated heterocycles. The smallest absolute Gasteiger partial charge is 0.185 e. The lowest BCUT2D eigenvalue weighted by Crippen LogP contribution is -2.24. The van der Waals surface area contributed by atoms with Gasteiger partial charge in [0.1, 0.15) is 9.84 Å². The number of hydrogen-bond acceptors (Lipinski definition) is 6. The zero-order chi connectivity index (χ0) is 13.3. The molecule has 1 aliphatic carbocycles. The second-order valence-electron chi connectivity index (χ2n) is 4.86. The van der Waals surface area contributed by atoms with E-state index in [0.29, 0.717) is 6.54 Å². The Morgan fingerprint density at radius 3 is 2.89 bits per heavy atom. The summed E-state index contributed by atoms with van der Waals surface area (Å²) in [5, 5.41) is 0.876. The number of anilines is 1. The van der Waals surface area contributed by atoms with Crippen LogP contribution in [0.5, 0.6) is 0 Å². The molecule has 0 radical (unpaired) electrons. The summed E-state index contributed by atoms with van der Waals surface area (Å²) in [6.07, 6.45) is 4.34. The van der Waals surface area contributed by atoms with Crippen LogP contribution in [0.2, 0.25) is 0 Å². The highest BCUT2D eigenvalue weighted by Crippen LogP contribution is 2.35. The lowest BCUT2D eigenvalue weighted by atomic mass is 9.99. The summed E-state index contributed by atoms with van der Waals surface area (Å²) in [5.74, 6) is 0.153. The third kappa shape index (κ3) is 3.21. The third-order valence-corrected chi connectivity index (χ3v) is 5.37. The highest BCUT2D eigenvalue weighted by molar-refractivity contribution is 7.90. The van der Waals surface area contributed by atoms with Crippen LogP contribution in [-0.2, 0) is 16.3 Å². The molecule has 2 rings (SSSR count). The van der Waals surface area contributed by atoms with Crippen molar-refractivity contribution >= 4 is 26.3 Å². The Labute approximate surface area is 112 Å². The first-order chi connectivity index (χ1) is 8.37. The van der Waals surface area contributed by atoms with Gasteiger partial charge in [-0.15, -0.1) is 11.3 Å². The van der Waals surface area contributed by atoms with Crippen molar-refractivity contribution in [3.63, 3.8) is 0 Å². The molecule has 102 valence electrons. The molecule has 1 aromatic heterocycles. The van der Waals surface area contributed by atoms with E-state index in [2.05, 4.69) is 4.98 Å². The van der Waals surface area contributed by atoms with Crippen molar-refractivity contribution in [3.05, 3.63) is 10.6 Å². The lowest BCUT2D eigenvalue weighted by molar-refractivity contribution is 0.573. The van der Waals surface area contributed by atoms with E-state index in [1.165, 1.54) is 11.1 Å². The van der Waals surface area contributed by atoms with E-state index < -0.39 is 9.84 Å². The second-order valence-corrected chi connectivity index (χ2v) is 8.13. The van der Waals surface area contributed by atoms with E-state index in [9.17, 15) is 8.42 Å². The number of thiazole rings is 1. The van der Waals surface area contributed by atoms with Gasteiger partial charge in [-0.25, -0.2) is 13.4 Å². The number of nitrogens with zero attached hydrogens (tertiary/aromatic N) is 2. The van der Waals surface area contributed by atoms with Gasteiger partial charge in [-0.1, -0.05) is 0 Å². The number of sulfone groups is 1. The second kappa shape index (κ2) is 5.14. The van der Waals surface area contributed by atoms with Crippen LogP contribution in [0.3, 0.4) is 0 Å². The molecule has 5 nitrogen and oxygen atoms in total. The van der Waals surface area contributed by atoms with Gasteiger partial charge in [0.15, 0.2) is 5.13 Å². The van der Waals surface area contributed by atoms with Crippen molar-refractivity contribution in [1.82, 2.24) is 4.98 Å². The van der Waals surface area contributed by atoms with Crippen LogP contribution in [0.25, 0.3) is 0 Å². The Kier molecular flexibility index (Phi) is 3.93. The fraction of sp³-hybridized carbons (Fsp3) is 0.727. The van der Waals surface area contributed by atoms with Gasteiger partial charge < -0.3 is 10.6 Å². The molecule has 0 spiro atoms. The number of rotatable bonds is 4. The Hall–Kier alpha value is -0.660. The molecule has 0 fully saturated rings. The first kappa shape index (κ1) is 13.8. The van der Waals surface area contributed by atoms with Crippen molar-refractivity contribution in [3.8, 4) is 0 Å². The van der Waals surface area contributed by atoms with Gasteiger partial charge in [-0.2, -0.15) is 0 Å². The Bertz CT molecular complexity index is 524. The lowest BCUT2D eigenvalue weighted by Gasteiger charge is -2.15. The summed E-state index contributed by atoms with van der Waals surface area (Å²) in [7, 11) is -1.05. The van der Waals surface area contributed by atoms with Gasteiger partial charge in [-0.05, 0) is 19.3 Å². The molecule has 7 heteroatoms. The normalized spacial score (nSPS) is 19.6. The third-order valence-electron chi connectivity index (χ3n) is 3.11. The topological polar surface area (TPSA) is 76.3 Å². The summed E-state index contributed by atoms with van der Waals surface area (Å²) in [6, 6.07) is 0.100. The summed E-state index contributed by atoms with van der Waals surface area (Å²) < 4.78 is 22.3. The van der Waals surface area contributed by atoms with Gasteiger partial charge in [0.05, 0.1) is 11.4 Å². The van der Waals surface area contributed by atoms with Gasteiger partial charge in [0.25, 0.3) is 0 Å². The van der Waals surface area contributed by atoms with Crippen molar-refractivity contribution < 1.29 is 8.42 Å². The largest absolute Gasteiger partial charge is 0.350 e. The maximum absolute atomic E-state index is 11.1. The molecule has 1 atom stereocenters.